The highest BCUT2D eigenvalue weighted by atomic mass is 16.2. The molecule has 1 aromatic carbocycles. The fourth-order valence-electron chi connectivity index (χ4n) is 2.56. The SMILES string of the molecule is Cc1c(-c2ccccc2)[nH]c2c1c(=O)n(C)c(=O)n2C. The number of hydrogen-bond acceptors (Lipinski definition) is 2. The normalized spacial score (nSPS) is 11.2. The van der Waals surface area contributed by atoms with Gasteiger partial charge in [-0.15, -0.1) is 0 Å². The van der Waals surface area contributed by atoms with E-state index in [-0.39, 0.29) is 11.2 Å². The van der Waals surface area contributed by atoms with E-state index < -0.39 is 0 Å². The molecule has 0 spiro atoms. The van der Waals surface area contributed by atoms with Gasteiger partial charge in [-0.05, 0) is 18.1 Å². The number of hydrogen-bond donors (Lipinski definition) is 1. The summed E-state index contributed by atoms with van der Waals surface area (Å²) in [6.45, 7) is 1.90. The van der Waals surface area contributed by atoms with Crippen molar-refractivity contribution in [3.8, 4) is 11.3 Å². The summed E-state index contributed by atoms with van der Waals surface area (Å²) >= 11 is 0. The Morgan fingerprint density at radius 2 is 1.65 bits per heavy atom. The van der Waals surface area contributed by atoms with Crippen molar-refractivity contribution in [3.63, 3.8) is 0 Å². The van der Waals surface area contributed by atoms with Crippen LogP contribution >= 0.6 is 0 Å². The van der Waals surface area contributed by atoms with E-state index in [2.05, 4.69) is 4.98 Å². The molecule has 102 valence electrons. The van der Waals surface area contributed by atoms with E-state index in [0.29, 0.717) is 11.0 Å². The highest BCUT2D eigenvalue weighted by Gasteiger charge is 2.16. The molecule has 2 heterocycles. The topological polar surface area (TPSA) is 59.8 Å². The quantitative estimate of drug-likeness (QED) is 0.728. The Bertz CT molecular complexity index is 914. The van der Waals surface area contributed by atoms with E-state index in [1.165, 1.54) is 11.6 Å². The summed E-state index contributed by atoms with van der Waals surface area (Å²) in [4.78, 5) is 27.5. The summed E-state index contributed by atoms with van der Waals surface area (Å²) in [7, 11) is 3.16. The fourth-order valence-corrected chi connectivity index (χ4v) is 2.56. The molecule has 0 aliphatic heterocycles. The van der Waals surface area contributed by atoms with Gasteiger partial charge in [0.15, 0.2) is 0 Å². The number of aryl methyl sites for hydroxylation is 2. The van der Waals surface area contributed by atoms with E-state index in [1.54, 1.807) is 7.05 Å². The van der Waals surface area contributed by atoms with Crippen molar-refractivity contribution in [3.05, 3.63) is 56.7 Å². The van der Waals surface area contributed by atoms with Gasteiger partial charge in [-0.25, -0.2) is 4.79 Å². The Morgan fingerprint density at radius 1 is 1.00 bits per heavy atom. The Kier molecular flexibility index (Phi) is 2.64. The number of rotatable bonds is 1. The number of benzene rings is 1. The van der Waals surface area contributed by atoms with Gasteiger partial charge in [-0.1, -0.05) is 30.3 Å². The maximum absolute atomic E-state index is 12.3. The van der Waals surface area contributed by atoms with E-state index in [1.807, 2.05) is 37.3 Å². The number of aromatic amines is 1. The molecule has 0 radical (unpaired) electrons. The predicted octanol–water partition coefficient (Wildman–Crippen LogP) is 1.54. The molecule has 0 fully saturated rings. The molecule has 20 heavy (non-hydrogen) atoms. The van der Waals surface area contributed by atoms with Crippen LogP contribution in [0.15, 0.2) is 39.9 Å². The lowest BCUT2D eigenvalue weighted by atomic mass is 10.1. The maximum atomic E-state index is 12.3. The molecular formula is C15H15N3O2. The average Bonchev–Trinajstić information content (AvgIpc) is 2.81. The predicted molar refractivity (Wildman–Crippen MR) is 79.0 cm³/mol. The lowest BCUT2D eigenvalue weighted by molar-refractivity contribution is 0.710. The zero-order valence-corrected chi connectivity index (χ0v) is 11.6. The molecule has 0 aliphatic carbocycles. The van der Waals surface area contributed by atoms with Crippen LogP contribution in [-0.4, -0.2) is 14.1 Å². The van der Waals surface area contributed by atoms with Gasteiger partial charge in [0.25, 0.3) is 5.56 Å². The largest absolute Gasteiger partial charge is 0.340 e. The molecule has 5 nitrogen and oxygen atoms in total. The monoisotopic (exact) mass is 269 g/mol. The van der Waals surface area contributed by atoms with Gasteiger partial charge in [0, 0.05) is 14.1 Å². The second kappa shape index (κ2) is 4.23. The molecule has 0 saturated heterocycles. The lowest BCUT2D eigenvalue weighted by Gasteiger charge is -2.02. The standard InChI is InChI=1S/C15H15N3O2/c1-9-11-13(17(2)15(20)18(3)14(11)19)16-12(9)10-7-5-4-6-8-10/h4-8,16H,1-3H3. The van der Waals surface area contributed by atoms with Gasteiger partial charge in [-0.2, -0.15) is 0 Å². The van der Waals surface area contributed by atoms with Crippen LogP contribution in [0.3, 0.4) is 0 Å². The molecule has 0 aliphatic rings. The van der Waals surface area contributed by atoms with Crippen molar-refractivity contribution in [2.24, 2.45) is 14.1 Å². The third kappa shape index (κ3) is 1.56. The van der Waals surface area contributed by atoms with Gasteiger partial charge < -0.3 is 4.98 Å². The smallest absolute Gasteiger partial charge is 0.332 e. The van der Waals surface area contributed by atoms with Crippen molar-refractivity contribution in [2.75, 3.05) is 0 Å². The first-order valence-corrected chi connectivity index (χ1v) is 6.36. The molecular weight excluding hydrogens is 254 g/mol. The van der Waals surface area contributed by atoms with Gasteiger partial charge in [0.05, 0.1) is 11.1 Å². The molecule has 0 atom stereocenters. The van der Waals surface area contributed by atoms with Gasteiger partial charge >= 0.3 is 5.69 Å². The Hall–Kier alpha value is -2.56. The maximum Gasteiger partial charge on any atom is 0.332 e. The zero-order chi connectivity index (χ0) is 14.4. The first kappa shape index (κ1) is 12.5. The number of aromatic nitrogens is 3. The molecule has 0 saturated carbocycles. The van der Waals surface area contributed by atoms with E-state index in [4.69, 9.17) is 0 Å². The second-order valence-electron chi connectivity index (χ2n) is 4.92. The van der Waals surface area contributed by atoms with Crippen molar-refractivity contribution in [1.29, 1.82) is 0 Å². The van der Waals surface area contributed by atoms with Crippen LogP contribution in [0.25, 0.3) is 22.3 Å². The van der Waals surface area contributed by atoms with Crippen molar-refractivity contribution in [1.82, 2.24) is 14.1 Å². The van der Waals surface area contributed by atoms with Crippen LogP contribution in [-0.2, 0) is 14.1 Å². The summed E-state index contributed by atoms with van der Waals surface area (Å²) in [6, 6.07) is 9.77. The minimum atomic E-state index is -0.330. The van der Waals surface area contributed by atoms with Crippen molar-refractivity contribution >= 4 is 11.0 Å². The first-order chi connectivity index (χ1) is 9.52. The summed E-state index contributed by atoms with van der Waals surface area (Å²) in [5, 5.41) is 0.563. The van der Waals surface area contributed by atoms with Gasteiger partial charge in [0.2, 0.25) is 0 Å². The Labute approximate surface area is 115 Å². The summed E-state index contributed by atoms with van der Waals surface area (Å²) in [5.41, 5.74) is 2.70. The van der Waals surface area contributed by atoms with Crippen LogP contribution in [0, 0.1) is 6.92 Å². The lowest BCUT2D eigenvalue weighted by Crippen LogP contribution is -2.36. The van der Waals surface area contributed by atoms with Crippen molar-refractivity contribution < 1.29 is 0 Å². The minimum Gasteiger partial charge on any atom is -0.340 e. The molecule has 3 rings (SSSR count). The number of nitrogens with zero attached hydrogens (tertiary/aromatic N) is 2. The summed E-state index contributed by atoms with van der Waals surface area (Å²) < 4.78 is 2.61. The molecule has 3 aromatic rings. The molecule has 2 aromatic heterocycles. The van der Waals surface area contributed by atoms with Gasteiger partial charge in [0.1, 0.15) is 5.65 Å². The first-order valence-electron chi connectivity index (χ1n) is 6.36. The summed E-state index contributed by atoms with van der Waals surface area (Å²) in [6.07, 6.45) is 0. The van der Waals surface area contributed by atoms with Crippen LogP contribution in [0.5, 0.6) is 0 Å². The number of H-pyrrole nitrogens is 1. The molecule has 0 unspecified atom stereocenters. The highest BCUT2D eigenvalue weighted by molar-refractivity contribution is 5.87. The summed E-state index contributed by atoms with van der Waals surface area (Å²) in [5.74, 6) is 0. The molecule has 0 amide bonds. The highest BCUT2D eigenvalue weighted by Crippen LogP contribution is 2.26. The Balaban J connectivity index is 2.49. The van der Waals surface area contributed by atoms with Gasteiger partial charge in [-0.3, -0.25) is 13.9 Å². The van der Waals surface area contributed by atoms with E-state index in [9.17, 15) is 9.59 Å². The second-order valence-corrected chi connectivity index (χ2v) is 4.92. The van der Waals surface area contributed by atoms with Crippen LogP contribution in [0.4, 0.5) is 0 Å². The van der Waals surface area contributed by atoms with E-state index >= 15 is 0 Å². The van der Waals surface area contributed by atoms with Crippen LogP contribution < -0.4 is 11.2 Å². The fraction of sp³-hybridized carbons (Fsp3) is 0.200. The number of fused-ring (bicyclic) bond motifs is 1. The van der Waals surface area contributed by atoms with Crippen molar-refractivity contribution in [2.45, 2.75) is 6.92 Å². The molecule has 0 bridgehead atoms. The third-order valence-electron chi connectivity index (χ3n) is 3.72. The number of nitrogens with one attached hydrogen (secondary N) is 1. The minimum absolute atomic E-state index is 0.265. The van der Waals surface area contributed by atoms with Crippen LogP contribution in [0.1, 0.15) is 5.56 Å². The average molecular weight is 269 g/mol. The Morgan fingerprint density at radius 3 is 2.30 bits per heavy atom. The third-order valence-corrected chi connectivity index (χ3v) is 3.72. The molecule has 1 N–H and O–H groups in total. The van der Waals surface area contributed by atoms with E-state index in [0.717, 1.165) is 21.4 Å². The zero-order valence-electron chi connectivity index (χ0n) is 11.6. The molecule has 5 heteroatoms. The van der Waals surface area contributed by atoms with Crippen LogP contribution in [0.2, 0.25) is 0 Å².